The van der Waals surface area contributed by atoms with Gasteiger partial charge in [-0.25, -0.2) is 4.68 Å². The Bertz CT molecular complexity index is 635. The van der Waals surface area contributed by atoms with E-state index in [1.54, 1.807) is 0 Å². The molecule has 0 N–H and O–H groups in total. The number of alkyl halides is 3. The Morgan fingerprint density at radius 1 is 1.35 bits per heavy atom. The minimum absolute atomic E-state index is 0.306. The number of ether oxygens (including phenoxy) is 1. The predicted molar refractivity (Wildman–Crippen MR) is 74.1 cm³/mol. The summed E-state index contributed by atoms with van der Waals surface area (Å²) in [5.41, 5.74) is 0.0854. The average molecular weight is 397 g/mol. The fourth-order valence-electron chi connectivity index (χ4n) is 2.27. The maximum absolute atomic E-state index is 12.8. The van der Waals surface area contributed by atoms with Crippen LogP contribution >= 0.6 is 22.6 Å². The summed E-state index contributed by atoms with van der Waals surface area (Å²) < 4.78 is 46.1. The molecule has 1 aliphatic heterocycles. The Morgan fingerprint density at radius 2 is 2.15 bits per heavy atom. The summed E-state index contributed by atoms with van der Waals surface area (Å²) >= 11 is 1.98. The van der Waals surface area contributed by atoms with E-state index < -0.39 is 11.7 Å². The Labute approximate surface area is 126 Å². The lowest BCUT2D eigenvalue weighted by Crippen LogP contribution is -2.19. The van der Waals surface area contributed by atoms with Gasteiger partial charge in [-0.15, -0.1) is 0 Å². The van der Waals surface area contributed by atoms with Crippen LogP contribution in [-0.4, -0.2) is 21.4 Å². The summed E-state index contributed by atoms with van der Waals surface area (Å²) in [7, 11) is 0. The molecule has 1 aliphatic rings. The zero-order valence-electron chi connectivity index (χ0n) is 10.3. The van der Waals surface area contributed by atoms with Crippen molar-refractivity contribution in [2.75, 3.05) is 6.61 Å². The topological polar surface area (TPSA) is 39.9 Å². The van der Waals surface area contributed by atoms with Gasteiger partial charge in [-0.2, -0.15) is 18.3 Å². The average Bonchev–Trinajstić information content (AvgIpc) is 2.76. The molecule has 8 heteroatoms. The number of hydrogen-bond donors (Lipinski definition) is 0. The molecule has 0 aromatic carbocycles. The van der Waals surface area contributed by atoms with Gasteiger partial charge in [0.15, 0.2) is 6.23 Å². The summed E-state index contributed by atoms with van der Waals surface area (Å²) in [5, 5.41) is 4.29. The van der Waals surface area contributed by atoms with Gasteiger partial charge in [-0.05, 0) is 47.9 Å². The Balaban J connectivity index is 2.11. The third kappa shape index (κ3) is 2.50. The largest absolute Gasteiger partial charge is 0.417 e. The van der Waals surface area contributed by atoms with Gasteiger partial charge in [0.2, 0.25) is 0 Å². The molecule has 20 heavy (non-hydrogen) atoms. The molecule has 1 saturated heterocycles. The fraction of sp³-hybridized carbons (Fsp3) is 0.500. The standard InChI is InChI=1S/C12H11F3IN3O/c13-12(14,15)7-5-8-10(17-6-7)11(16)18-19(8)9-3-1-2-4-20-9/h5-6,9H,1-4H2/t9-/m0/s1. The first-order valence-electron chi connectivity index (χ1n) is 6.19. The van der Waals surface area contributed by atoms with Crippen molar-refractivity contribution in [2.45, 2.75) is 31.7 Å². The maximum atomic E-state index is 12.8. The van der Waals surface area contributed by atoms with Crippen molar-refractivity contribution in [2.24, 2.45) is 0 Å². The summed E-state index contributed by atoms with van der Waals surface area (Å²) in [6, 6.07) is 1.09. The molecule has 0 saturated carbocycles. The SMILES string of the molecule is FC(F)(F)c1cnc2c(I)nn([C@@H]3CCCCO3)c2c1. The lowest BCUT2D eigenvalue weighted by Gasteiger charge is -2.23. The van der Waals surface area contributed by atoms with E-state index in [1.807, 2.05) is 22.6 Å². The molecule has 0 bridgehead atoms. The first-order chi connectivity index (χ1) is 9.47. The van der Waals surface area contributed by atoms with Gasteiger partial charge in [0, 0.05) is 12.8 Å². The minimum atomic E-state index is -4.41. The summed E-state index contributed by atoms with van der Waals surface area (Å²) in [4.78, 5) is 3.90. The van der Waals surface area contributed by atoms with E-state index in [1.165, 1.54) is 4.68 Å². The van der Waals surface area contributed by atoms with E-state index in [0.29, 0.717) is 21.3 Å². The van der Waals surface area contributed by atoms with E-state index in [-0.39, 0.29) is 6.23 Å². The summed E-state index contributed by atoms with van der Waals surface area (Å²) in [6.07, 6.45) is -1.16. The Kier molecular flexibility index (Phi) is 3.61. The fourth-order valence-corrected chi connectivity index (χ4v) is 2.92. The van der Waals surface area contributed by atoms with Gasteiger partial charge >= 0.3 is 6.18 Å². The van der Waals surface area contributed by atoms with Crippen molar-refractivity contribution in [1.29, 1.82) is 0 Å². The van der Waals surface area contributed by atoms with Crippen LogP contribution in [-0.2, 0) is 10.9 Å². The number of pyridine rings is 1. The number of aromatic nitrogens is 3. The number of nitrogens with zero attached hydrogens (tertiary/aromatic N) is 3. The predicted octanol–water partition coefficient (Wildman–Crippen LogP) is 3.75. The highest BCUT2D eigenvalue weighted by Crippen LogP contribution is 2.33. The summed E-state index contributed by atoms with van der Waals surface area (Å²) in [5.74, 6) is 0. The molecule has 3 heterocycles. The monoisotopic (exact) mass is 397 g/mol. The lowest BCUT2D eigenvalue weighted by molar-refractivity contribution is -0.137. The van der Waals surface area contributed by atoms with E-state index in [9.17, 15) is 13.2 Å². The molecule has 1 atom stereocenters. The van der Waals surface area contributed by atoms with Crippen molar-refractivity contribution in [1.82, 2.24) is 14.8 Å². The zero-order valence-corrected chi connectivity index (χ0v) is 12.5. The van der Waals surface area contributed by atoms with Crippen molar-refractivity contribution in [3.8, 4) is 0 Å². The number of hydrogen-bond acceptors (Lipinski definition) is 3. The van der Waals surface area contributed by atoms with Crippen LogP contribution in [0.25, 0.3) is 11.0 Å². The molecule has 0 radical (unpaired) electrons. The molecule has 108 valence electrons. The van der Waals surface area contributed by atoms with Crippen LogP contribution in [0, 0.1) is 3.70 Å². The van der Waals surface area contributed by atoms with Crippen LogP contribution in [0.2, 0.25) is 0 Å². The molecule has 3 rings (SSSR count). The van der Waals surface area contributed by atoms with E-state index >= 15 is 0 Å². The molecule has 0 spiro atoms. The van der Waals surface area contributed by atoms with Crippen LogP contribution in [0.3, 0.4) is 0 Å². The highest BCUT2D eigenvalue weighted by molar-refractivity contribution is 14.1. The highest BCUT2D eigenvalue weighted by Gasteiger charge is 2.32. The van der Waals surface area contributed by atoms with Gasteiger partial charge in [0.05, 0.1) is 11.1 Å². The quantitative estimate of drug-likeness (QED) is 0.689. The van der Waals surface area contributed by atoms with Crippen LogP contribution in [0.5, 0.6) is 0 Å². The lowest BCUT2D eigenvalue weighted by atomic mass is 10.2. The van der Waals surface area contributed by atoms with Gasteiger partial charge < -0.3 is 4.74 Å². The van der Waals surface area contributed by atoms with Gasteiger partial charge in [0.1, 0.15) is 9.22 Å². The molecule has 2 aromatic rings. The summed E-state index contributed by atoms with van der Waals surface area (Å²) in [6.45, 7) is 0.606. The molecule has 2 aromatic heterocycles. The third-order valence-corrected chi connectivity index (χ3v) is 3.99. The normalized spacial score (nSPS) is 20.5. The molecular formula is C12H11F3IN3O. The van der Waals surface area contributed by atoms with Crippen molar-refractivity contribution >= 4 is 33.6 Å². The molecule has 0 amide bonds. The second-order valence-corrected chi connectivity index (χ2v) is 5.67. The van der Waals surface area contributed by atoms with E-state index in [4.69, 9.17) is 4.74 Å². The number of halogens is 4. The third-order valence-electron chi connectivity index (χ3n) is 3.26. The Hall–Kier alpha value is -0.900. The van der Waals surface area contributed by atoms with Crippen molar-refractivity contribution in [3.63, 3.8) is 0 Å². The first kappa shape index (κ1) is 14.1. The smallest absolute Gasteiger partial charge is 0.356 e. The van der Waals surface area contributed by atoms with Crippen LogP contribution in [0.1, 0.15) is 31.1 Å². The van der Waals surface area contributed by atoms with Gasteiger partial charge in [-0.1, -0.05) is 0 Å². The molecule has 4 nitrogen and oxygen atoms in total. The van der Waals surface area contributed by atoms with E-state index in [0.717, 1.165) is 31.5 Å². The molecular weight excluding hydrogens is 386 g/mol. The second-order valence-electron chi connectivity index (χ2n) is 4.65. The Morgan fingerprint density at radius 3 is 2.80 bits per heavy atom. The number of rotatable bonds is 1. The highest BCUT2D eigenvalue weighted by atomic mass is 127. The van der Waals surface area contributed by atoms with Crippen LogP contribution in [0.4, 0.5) is 13.2 Å². The second kappa shape index (κ2) is 5.14. The van der Waals surface area contributed by atoms with Crippen molar-refractivity contribution < 1.29 is 17.9 Å². The van der Waals surface area contributed by atoms with E-state index in [2.05, 4.69) is 10.1 Å². The van der Waals surface area contributed by atoms with Gasteiger partial charge in [0.25, 0.3) is 0 Å². The molecule has 0 unspecified atom stereocenters. The van der Waals surface area contributed by atoms with Crippen molar-refractivity contribution in [3.05, 3.63) is 21.5 Å². The van der Waals surface area contributed by atoms with Crippen LogP contribution < -0.4 is 0 Å². The minimum Gasteiger partial charge on any atom is -0.356 e. The number of fused-ring (bicyclic) bond motifs is 1. The first-order valence-corrected chi connectivity index (χ1v) is 7.27. The maximum Gasteiger partial charge on any atom is 0.417 e. The zero-order chi connectivity index (χ0) is 14.3. The molecule has 1 fully saturated rings. The van der Waals surface area contributed by atoms with Crippen LogP contribution in [0.15, 0.2) is 12.3 Å². The van der Waals surface area contributed by atoms with Gasteiger partial charge in [-0.3, -0.25) is 4.98 Å². The molecule has 0 aliphatic carbocycles.